The quantitative estimate of drug-likeness (QED) is 0.363. The summed E-state index contributed by atoms with van der Waals surface area (Å²) in [6.45, 7) is 1.80. The lowest BCUT2D eigenvalue weighted by Gasteiger charge is -2.18. The molecule has 2 rings (SSSR count). The number of ether oxygens (including phenoxy) is 1. The van der Waals surface area contributed by atoms with Crippen molar-refractivity contribution in [2.24, 2.45) is 0 Å². The minimum Gasteiger partial charge on any atom is -0.385 e. The molecule has 0 aromatic carbocycles. The van der Waals surface area contributed by atoms with Crippen molar-refractivity contribution in [2.45, 2.75) is 19.3 Å². The number of nitrogens with zero attached hydrogens (tertiary/aromatic N) is 2. The molecule has 1 aromatic heterocycles. The lowest BCUT2D eigenvalue weighted by Crippen LogP contribution is -2.32. The van der Waals surface area contributed by atoms with Crippen LogP contribution in [0.3, 0.4) is 0 Å². The third kappa shape index (κ3) is 5.91. The fourth-order valence-corrected chi connectivity index (χ4v) is 4.38. The molecule has 0 aliphatic carbocycles. The Morgan fingerprint density at radius 3 is 2.92 bits per heavy atom. The van der Waals surface area contributed by atoms with E-state index in [-0.39, 0.29) is 11.8 Å². The fraction of sp³-hybridized carbons (Fsp3) is 0.471. The Balaban J connectivity index is 1.80. The van der Waals surface area contributed by atoms with E-state index in [4.69, 9.17) is 17.0 Å². The summed E-state index contributed by atoms with van der Waals surface area (Å²) >= 11 is 8.22. The Labute approximate surface area is 162 Å². The van der Waals surface area contributed by atoms with E-state index in [0.717, 1.165) is 11.3 Å². The van der Waals surface area contributed by atoms with Gasteiger partial charge in [-0.05, 0) is 30.4 Å². The van der Waals surface area contributed by atoms with E-state index in [1.807, 2.05) is 23.6 Å². The van der Waals surface area contributed by atoms with Gasteiger partial charge in [0.15, 0.2) is 0 Å². The highest BCUT2D eigenvalue weighted by atomic mass is 32.2. The van der Waals surface area contributed by atoms with Gasteiger partial charge in [0.1, 0.15) is 4.32 Å². The van der Waals surface area contributed by atoms with Crippen LogP contribution >= 0.6 is 35.3 Å². The molecule has 1 aromatic rings. The van der Waals surface area contributed by atoms with Gasteiger partial charge in [0.25, 0.3) is 5.91 Å². The molecule has 0 atom stereocenters. The second kappa shape index (κ2) is 10.1. The van der Waals surface area contributed by atoms with Crippen LogP contribution in [0.25, 0.3) is 6.08 Å². The fourth-order valence-electron chi connectivity index (χ4n) is 2.35. The molecule has 1 fully saturated rings. The number of carbonyl (C=O) groups is 2. The van der Waals surface area contributed by atoms with Gasteiger partial charge in [-0.3, -0.25) is 14.5 Å². The normalized spacial score (nSPS) is 16.1. The first-order valence-electron chi connectivity index (χ1n) is 8.04. The maximum Gasteiger partial charge on any atom is 0.266 e. The minimum atomic E-state index is -0.0655. The molecular formula is C17H22N2O3S3. The van der Waals surface area contributed by atoms with E-state index < -0.39 is 0 Å². The predicted molar refractivity (Wildman–Crippen MR) is 108 cm³/mol. The molecule has 2 amide bonds. The topological polar surface area (TPSA) is 49.9 Å². The zero-order valence-corrected chi connectivity index (χ0v) is 16.8. The van der Waals surface area contributed by atoms with Gasteiger partial charge in [0, 0.05) is 45.2 Å². The number of amides is 2. The van der Waals surface area contributed by atoms with E-state index in [0.29, 0.717) is 41.8 Å². The average molecular weight is 399 g/mol. The number of thiophene rings is 1. The maximum atomic E-state index is 12.5. The van der Waals surface area contributed by atoms with Crippen LogP contribution < -0.4 is 0 Å². The van der Waals surface area contributed by atoms with Gasteiger partial charge < -0.3 is 9.64 Å². The van der Waals surface area contributed by atoms with Crippen LogP contribution in [0.15, 0.2) is 22.4 Å². The largest absolute Gasteiger partial charge is 0.385 e. The highest BCUT2D eigenvalue weighted by molar-refractivity contribution is 8.26. The number of rotatable bonds is 9. The molecule has 0 saturated carbocycles. The van der Waals surface area contributed by atoms with E-state index in [9.17, 15) is 9.59 Å². The molecule has 0 radical (unpaired) electrons. The highest BCUT2D eigenvalue weighted by Crippen LogP contribution is 2.33. The molecule has 0 bridgehead atoms. The van der Waals surface area contributed by atoms with Crippen molar-refractivity contribution in [1.29, 1.82) is 0 Å². The van der Waals surface area contributed by atoms with E-state index in [1.54, 1.807) is 35.3 Å². The van der Waals surface area contributed by atoms with Gasteiger partial charge in [0.05, 0.1) is 4.91 Å². The first-order valence-corrected chi connectivity index (χ1v) is 10.1. The molecular weight excluding hydrogens is 376 g/mol. The molecule has 0 N–H and O–H groups in total. The summed E-state index contributed by atoms with van der Waals surface area (Å²) in [7, 11) is 3.44. The van der Waals surface area contributed by atoms with Gasteiger partial charge in [-0.1, -0.05) is 30.0 Å². The zero-order valence-electron chi connectivity index (χ0n) is 14.4. The summed E-state index contributed by atoms with van der Waals surface area (Å²) in [6, 6.07) is 3.92. The Bertz CT molecular complexity index is 644. The molecule has 8 heteroatoms. The summed E-state index contributed by atoms with van der Waals surface area (Å²) in [5, 5.41) is 1.97. The number of thioether (sulfide) groups is 1. The summed E-state index contributed by atoms with van der Waals surface area (Å²) in [5.74, 6) is 0.0139. The van der Waals surface area contributed by atoms with Crippen molar-refractivity contribution < 1.29 is 14.3 Å². The summed E-state index contributed by atoms with van der Waals surface area (Å²) in [6.07, 6.45) is 3.70. The first-order chi connectivity index (χ1) is 12.0. The molecule has 2 heterocycles. The summed E-state index contributed by atoms with van der Waals surface area (Å²) in [5.41, 5.74) is 0. The molecule has 5 nitrogen and oxygen atoms in total. The Hall–Kier alpha value is -1.22. The van der Waals surface area contributed by atoms with Crippen molar-refractivity contribution in [3.05, 3.63) is 27.3 Å². The average Bonchev–Trinajstić information content (AvgIpc) is 3.18. The Morgan fingerprint density at radius 1 is 1.44 bits per heavy atom. The molecule has 1 aliphatic heterocycles. The van der Waals surface area contributed by atoms with Crippen LogP contribution in [0.4, 0.5) is 0 Å². The third-order valence-electron chi connectivity index (χ3n) is 3.73. The number of hydrogen-bond acceptors (Lipinski definition) is 6. The van der Waals surface area contributed by atoms with Crippen molar-refractivity contribution in [3.63, 3.8) is 0 Å². The van der Waals surface area contributed by atoms with Crippen molar-refractivity contribution in [1.82, 2.24) is 9.80 Å². The van der Waals surface area contributed by atoms with Crippen LogP contribution in [0.2, 0.25) is 0 Å². The molecule has 0 unspecified atom stereocenters. The standard InChI is InChI=1S/C17H22N2O3S3/c1-18(8-5-10-22-2)15(20)7-3-9-19-16(21)14(25-17(19)23)12-13-6-4-11-24-13/h4,6,11-12H,3,5,7-10H2,1-2H3/b14-12+. The van der Waals surface area contributed by atoms with E-state index in [1.165, 1.54) is 11.8 Å². The number of methoxy groups -OCH3 is 1. The molecule has 1 saturated heterocycles. The van der Waals surface area contributed by atoms with Crippen LogP contribution in [-0.2, 0) is 14.3 Å². The molecule has 0 spiro atoms. The number of carbonyl (C=O) groups excluding carboxylic acids is 2. The van der Waals surface area contributed by atoms with E-state index >= 15 is 0 Å². The van der Waals surface area contributed by atoms with Crippen molar-refractivity contribution >= 4 is 57.5 Å². The van der Waals surface area contributed by atoms with Gasteiger partial charge in [0.2, 0.25) is 5.91 Å². The second-order valence-electron chi connectivity index (χ2n) is 5.61. The number of hydrogen-bond donors (Lipinski definition) is 0. The smallest absolute Gasteiger partial charge is 0.266 e. The van der Waals surface area contributed by atoms with Crippen LogP contribution in [0.1, 0.15) is 24.1 Å². The first kappa shape index (κ1) is 20.1. The zero-order chi connectivity index (χ0) is 18.2. The highest BCUT2D eigenvalue weighted by Gasteiger charge is 2.31. The van der Waals surface area contributed by atoms with Gasteiger partial charge >= 0.3 is 0 Å². The van der Waals surface area contributed by atoms with Crippen LogP contribution in [0, 0.1) is 0 Å². The Kier molecular flexibility index (Phi) is 8.08. The van der Waals surface area contributed by atoms with Crippen LogP contribution in [0.5, 0.6) is 0 Å². The Morgan fingerprint density at radius 2 is 2.24 bits per heavy atom. The minimum absolute atomic E-state index is 0.0655. The molecule has 1 aliphatic rings. The van der Waals surface area contributed by atoms with Gasteiger partial charge in [-0.25, -0.2) is 0 Å². The van der Waals surface area contributed by atoms with E-state index in [2.05, 4.69) is 0 Å². The van der Waals surface area contributed by atoms with Gasteiger partial charge in [-0.15, -0.1) is 11.3 Å². The number of thiocarbonyl (C=S) groups is 1. The lowest BCUT2D eigenvalue weighted by atomic mass is 10.2. The summed E-state index contributed by atoms with van der Waals surface area (Å²) in [4.78, 5) is 29.5. The second-order valence-corrected chi connectivity index (χ2v) is 8.27. The maximum absolute atomic E-state index is 12.5. The SMILES string of the molecule is COCCCN(C)C(=O)CCCN1C(=O)/C(=C\c2cccs2)SC1=S. The predicted octanol–water partition coefficient (Wildman–Crippen LogP) is 3.22. The van der Waals surface area contributed by atoms with Crippen LogP contribution in [-0.4, -0.2) is 59.8 Å². The molecule has 136 valence electrons. The van der Waals surface area contributed by atoms with Crippen molar-refractivity contribution in [2.75, 3.05) is 33.9 Å². The van der Waals surface area contributed by atoms with Gasteiger partial charge in [-0.2, -0.15) is 0 Å². The lowest BCUT2D eigenvalue weighted by molar-refractivity contribution is -0.130. The third-order valence-corrected chi connectivity index (χ3v) is 5.93. The monoisotopic (exact) mass is 398 g/mol. The molecule has 25 heavy (non-hydrogen) atoms. The van der Waals surface area contributed by atoms with Crippen molar-refractivity contribution in [3.8, 4) is 0 Å². The summed E-state index contributed by atoms with van der Waals surface area (Å²) < 4.78 is 5.55.